The second-order valence-corrected chi connectivity index (χ2v) is 7.10. The monoisotopic (exact) mass is 428 g/mol. The first-order valence-electron chi connectivity index (χ1n) is 9.94. The van der Waals surface area contributed by atoms with Crippen LogP contribution in [-0.4, -0.2) is 37.7 Å². The van der Waals surface area contributed by atoms with Gasteiger partial charge in [0.25, 0.3) is 5.95 Å². The maximum atomic E-state index is 5.40. The third-order valence-corrected chi connectivity index (χ3v) is 4.63. The van der Waals surface area contributed by atoms with E-state index in [9.17, 15) is 0 Å². The van der Waals surface area contributed by atoms with Gasteiger partial charge in [0.15, 0.2) is 11.5 Å². The molecule has 0 radical (unpaired) electrons. The first kappa shape index (κ1) is 19.5. The third-order valence-electron chi connectivity index (χ3n) is 4.63. The highest BCUT2D eigenvalue weighted by atomic mass is 16.7. The molecule has 0 saturated heterocycles. The van der Waals surface area contributed by atoms with Crippen LogP contribution in [0.2, 0.25) is 0 Å². The summed E-state index contributed by atoms with van der Waals surface area (Å²) in [7, 11) is 0. The molecule has 0 atom stereocenters. The van der Waals surface area contributed by atoms with E-state index in [0.717, 1.165) is 28.4 Å². The summed E-state index contributed by atoms with van der Waals surface area (Å²) in [6.45, 7) is 4.09. The smallest absolute Gasteiger partial charge is 0.257 e. The van der Waals surface area contributed by atoms with Gasteiger partial charge in [-0.05, 0) is 55.8 Å². The highest BCUT2D eigenvalue weighted by Gasteiger charge is 2.13. The molecule has 10 heteroatoms. The van der Waals surface area contributed by atoms with Crippen LogP contribution in [0.5, 0.6) is 11.5 Å². The summed E-state index contributed by atoms with van der Waals surface area (Å²) in [5.74, 6) is 2.44. The molecule has 1 aliphatic rings. The Bertz CT molecular complexity index is 1290. The molecule has 0 fully saturated rings. The van der Waals surface area contributed by atoms with E-state index in [-0.39, 0.29) is 12.7 Å². The molecule has 1 aliphatic heterocycles. The number of hydrazone groups is 1. The standard InChI is InChI=1S/C22H20N8O2/c1-14-10-15(2)30(29-14)22-26-20(24-17-6-4-3-5-7-17)25-21(27-22)28-23-12-16-8-9-18-19(11-16)32-13-31-18/h3-12H,13H2,1-2H3,(H2,24,25,26,27,28)/b23-12+. The van der Waals surface area contributed by atoms with E-state index >= 15 is 0 Å². The Balaban J connectivity index is 1.43. The van der Waals surface area contributed by atoms with Gasteiger partial charge >= 0.3 is 0 Å². The molecule has 4 aromatic rings. The van der Waals surface area contributed by atoms with Gasteiger partial charge in [0.05, 0.1) is 11.9 Å². The molecule has 3 heterocycles. The van der Waals surface area contributed by atoms with Crippen LogP contribution in [-0.2, 0) is 0 Å². The lowest BCUT2D eigenvalue weighted by Crippen LogP contribution is -2.11. The number of nitrogens with zero attached hydrogens (tertiary/aromatic N) is 6. The summed E-state index contributed by atoms with van der Waals surface area (Å²) in [6, 6.07) is 17.2. The van der Waals surface area contributed by atoms with Crippen LogP contribution in [0.3, 0.4) is 0 Å². The van der Waals surface area contributed by atoms with E-state index in [4.69, 9.17) is 9.47 Å². The van der Waals surface area contributed by atoms with Crippen molar-refractivity contribution in [1.29, 1.82) is 0 Å². The summed E-state index contributed by atoms with van der Waals surface area (Å²) in [4.78, 5) is 13.4. The van der Waals surface area contributed by atoms with Crippen LogP contribution in [0.25, 0.3) is 5.95 Å². The average molecular weight is 428 g/mol. The molecule has 10 nitrogen and oxygen atoms in total. The van der Waals surface area contributed by atoms with Gasteiger partial charge in [-0.2, -0.15) is 25.2 Å². The lowest BCUT2D eigenvalue weighted by atomic mass is 10.2. The molecule has 5 rings (SSSR count). The largest absolute Gasteiger partial charge is 0.454 e. The molecule has 2 N–H and O–H groups in total. The zero-order chi connectivity index (χ0) is 21.9. The average Bonchev–Trinajstić information content (AvgIpc) is 3.39. The predicted octanol–water partition coefficient (Wildman–Crippen LogP) is 3.59. The van der Waals surface area contributed by atoms with Gasteiger partial charge in [0, 0.05) is 11.4 Å². The summed E-state index contributed by atoms with van der Waals surface area (Å²) in [5.41, 5.74) is 6.36. The van der Waals surface area contributed by atoms with E-state index in [0.29, 0.717) is 17.6 Å². The SMILES string of the molecule is Cc1cc(C)n(-c2nc(N/N=C/c3ccc4c(c3)OCO4)nc(Nc3ccccc3)n2)n1. The van der Waals surface area contributed by atoms with Crippen molar-refractivity contribution in [1.82, 2.24) is 24.7 Å². The van der Waals surface area contributed by atoms with Crippen LogP contribution in [0, 0.1) is 13.8 Å². The Morgan fingerprint density at radius 2 is 1.75 bits per heavy atom. The summed E-state index contributed by atoms with van der Waals surface area (Å²) >= 11 is 0. The minimum Gasteiger partial charge on any atom is -0.454 e. The number of benzene rings is 2. The van der Waals surface area contributed by atoms with Crippen molar-refractivity contribution in [3.8, 4) is 17.4 Å². The minimum atomic E-state index is 0.228. The third kappa shape index (κ3) is 4.19. The number of rotatable bonds is 6. The molecule has 0 amide bonds. The highest BCUT2D eigenvalue weighted by molar-refractivity contribution is 5.81. The Labute approximate surface area is 184 Å². The quantitative estimate of drug-likeness (QED) is 0.354. The van der Waals surface area contributed by atoms with Crippen molar-refractivity contribution < 1.29 is 9.47 Å². The van der Waals surface area contributed by atoms with E-state index in [1.165, 1.54) is 0 Å². The highest BCUT2D eigenvalue weighted by Crippen LogP contribution is 2.32. The van der Waals surface area contributed by atoms with Gasteiger partial charge in [-0.15, -0.1) is 0 Å². The summed E-state index contributed by atoms with van der Waals surface area (Å²) < 4.78 is 12.4. The predicted molar refractivity (Wildman–Crippen MR) is 120 cm³/mol. The van der Waals surface area contributed by atoms with Crippen molar-refractivity contribution >= 4 is 23.8 Å². The molecular formula is C22H20N8O2. The molecule has 0 spiro atoms. The van der Waals surface area contributed by atoms with E-state index in [1.54, 1.807) is 10.9 Å². The molecule has 0 unspecified atom stereocenters. The van der Waals surface area contributed by atoms with Crippen LogP contribution in [0.1, 0.15) is 17.0 Å². The van der Waals surface area contributed by atoms with E-state index in [2.05, 4.69) is 35.9 Å². The molecular weight excluding hydrogens is 408 g/mol. The number of nitrogens with one attached hydrogen (secondary N) is 2. The van der Waals surface area contributed by atoms with Gasteiger partial charge in [0.2, 0.25) is 18.7 Å². The zero-order valence-electron chi connectivity index (χ0n) is 17.5. The van der Waals surface area contributed by atoms with E-state index in [1.807, 2.05) is 68.4 Å². The lowest BCUT2D eigenvalue weighted by molar-refractivity contribution is 0.174. The first-order chi connectivity index (χ1) is 15.6. The zero-order valence-corrected chi connectivity index (χ0v) is 17.5. The lowest BCUT2D eigenvalue weighted by Gasteiger charge is -2.09. The fourth-order valence-electron chi connectivity index (χ4n) is 3.21. The number of anilines is 3. The minimum absolute atomic E-state index is 0.228. The molecule has 0 bridgehead atoms. The van der Waals surface area contributed by atoms with Gasteiger partial charge < -0.3 is 14.8 Å². The molecule has 160 valence electrons. The van der Waals surface area contributed by atoms with Crippen molar-refractivity contribution in [2.75, 3.05) is 17.5 Å². The van der Waals surface area contributed by atoms with Gasteiger partial charge in [-0.1, -0.05) is 18.2 Å². The van der Waals surface area contributed by atoms with Crippen molar-refractivity contribution in [3.05, 3.63) is 71.5 Å². The van der Waals surface area contributed by atoms with Crippen molar-refractivity contribution in [3.63, 3.8) is 0 Å². The van der Waals surface area contributed by atoms with Crippen LogP contribution in [0.4, 0.5) is 17.6 Å². The normalized spacial score (nSPS) is 12.3. The Hall–Kier alpha value is -4.47. The number of para-hydroxylation sites is 1. The number of ether oxygens (including phenoxy) is 2. The molecule has 2 aromatic carbocycles. The number of hydrogen-bond acceptors (Lipinski definition) is 9. The van der Waals surface area contributed by atoms with E-state index < -0.39 is 0 Å². The van der Waals surface area contributed by atoms with Crippen molar-refractivity contribution in [2.45, 2.75) is 13.8 Å². The first-order valence-corrected chi connectivity index (χ1v) is 9.94. The maximum absolute atomic E-state index is 5.40. The number of aryl methyl sites for hydroxylation is 2. The van der Waals surface area contributed by atoms with Gasteiger partial charge in [-0.25, -0.2) is 10.1 Å². The topological polar surface area (TPSA) is 111 Å². The number of fused-ring (bicyclic) bond motifs is 1. The molecule has 32 heavy (non-hydrogen) atoms. The fraction of sp³-hybridized carbons (Fsp3) is 0.136. The van der Waals surface area contributed by atoms with Crippen LogP contribution >= 0.6 is 0 Å². The number of aromatic nitrogens is 5. The Morgan fingerprint density at radius 1 is 0.938 bits per heavy atom. The number of hydrogen-bond donors (Lipinski definition) is 2. The van der Waals surface area contributed by atoms with Crippen LogP contribution < -0.4 is 20.2 Å². The molecule has 0 aliphatic carbocycles. The molecule has 0 saturated carbocycles. The summed E-state index contributed by atoms with van der Waals surface area (Å²) in [5, 5.41) is 11.9. The summed E-state index contributed by atoms with van der Waals surface area (Å²) in [6.07, 6.45) is 1.65. The van der Waals surface area contributed by atoms with Crippen LogP contribution in [0.15, 0.2) is 59.7 Å². The van der Waals surface area contributed by atoms with Gasteiger partial charge in [-0.3, -0.25) is 0 Å². The fourth-order valence-corrected chi connectivity index (χ4v) is 3.21. The second-order valence-electron chi connectivity index (χ2n) is 7.10. The van der Waals surface area contributed by atoms with Gasteiger partial charge in [0.1, 0.15) is 0 Å². The van der Waals surface area contributed by atoms with Crippen molar-refractivity contribution in [2.24, 2.45) is 5.10 Å². The maximum Gasteiger partial charge on any atom is 0.257 e. The molecule has 2 aromatic heterocycles. The Kier molecular flexibility index (Phi) is 5.08. The second kappa shape index (κ2) is 8.34. The Morgan fingerprint density at radius 3 is 2.56 bits per heavy atom.